The molecule has 0 radical (unpaired) electrons. The number of fused-ring (bicyclic) bond motifs is 1. The van der Waals surface area contributed by atoms with Crippen LogP contribution in [-0.2, 0) is 6.54 Å². The smallest absolute Gasteiger partial charge is 0.170 e. The molecule has 5 nitrogen and oxygen atoms in total. The van der Waals surface area contributed by atoms with Gasteiger partial charge in [-0.3, -0.25) is 4.57 Å². The van der Waals surface area contributed by atoms with Gasteiger partial charge < -0.3 is 5.32 Å². The number of nitrogens with zero attached hydrogens (tertiary/aromatic N) is 4. The van der Waals surface area contributed by atoms with E-state index >= 15 is 0 Å². The Morgan fingerprint density at radius 1 is 0.958 bits per heavy atom. The van der Waals surface area contributed by atoms with Crippen molar-refractivity contribution in [3.8, 4) is 5.69 Å². The molecule has 4 rings (SSSR count). The molecule has 1 N–H and O–H groups in total. The van der Waals surface area contributed by atoms with E-state index in [2.05, 4.69) is 48.3 Å². The van der Waals surface area contributed by atoms with E-state index < -0.39 is 0 Å². The third-order valence-electron chi connectivity index (χ3n) is 3.72. The average Bonchev–Trinajstić information content (AvgIpc) is 3.05. The molecule has 0 saturated carbocycles. The van der Waals surface area contributed by atoms with Gasteiger partial charge in [0.2, 0.25) is 0 Å². The molecule has 0 atom stereocenters. The highest BCUT2D eigenvalue weighted by Crippen LogP contribution is 2.23. The van der Waals surface area contributed by atoms with Crippen molar-refractivity contribution in [3.05, 3.63) is 77.3 Å². The fourth-order valence-electron chi connectivity index (χ4n) is 2.56. The fourth-order valence-corrected chi connectivity index (χ4v) is 2.95. The summed E-state index contributed by atoms with van der Waals surface area (Å²) in [5, 5.41) is 3.34. The van der Waals surface area contributed by atoms with Gasteiger partial charge in [0, 0.05) is 16.7 Å². The molecule has 0 spiro atoms. The fraction of sp³-hybridized carbons (Fsp3) is 0.0556. The minimum Gasteiger partial charge on any atom is -0.364 e. The number of aromatic nitrogens is 4. The quantitative estimate of drug-likeness (QED) is 0.577. The summed E-state index contributed by atoms with van der Waals surface area (Å²) in [5.74, 6) is 0.734. The summed E-state index contributed by atoms with van der Waals surface area (Å²) in [6.45, 7) is 0.691. The highest BCUT2D eigenvalue weighted by molar-refractivity contribution is 9.10. The van der Waals surface area contributed by atoms with Gasteiger partial charge in [-0.05, 0) is 23.8 Å². The molecule has 0 aliphatic heterocycles. The summed E-state index contributed by atoms with van der Waals surface area (Å²) < 4.78 is 2.97. The Kier molecular flexibility index (Phi) is 3.96. The van der Waals surface area contributed by atoms with E-state index in [9.17, 15) is 0 Å². The minimum atomic E-state index is 0.691. The average molecular weight is 380 g/mol. The first-order valence-electron chi connectivity index (χ1n) is 7.53. The monoisotopic (exact) mass is 379 g/mol. The van der Waals surface area contributed by atoms with Gasteiger partial charge in [0.25, 0.3) is 0 Å². The molecular weight excluding hydrogens is 366 g/mol. The van der Waals surface area contributed by atoms with Gasteiger partial charge in [-0.2, -0.15) is 0 Å². The highest BCUT2D eigenvalue weighted by Gasteiger charge is 2.11. The van der Waals surface area contributed by atoms with Crippen LogP contribution < -0.4 is 5.32 Å². The Morgan fingerprint density at radius 2 is 1.83 bits per heavy atom. The van der Waals surface area contributed by atoms with Crippen molar-refractivity contribution in [2.24, 2.45) is 0 Å². The second kappa shape index (κ2) is 6.41. The first-order chi connectivity index (χ1) is 11.8. The maximum atomic E-state index is 4.50. The molecule has 0 saturated heterocycles. The lowest BCUT2D eigenvalue weighted by Gasteiger charge is -2.07. The van der Waals surface area contributed by atoms with Crippen molar-refractivity contribution in [3.63, 3.8) is 0 Å². The van der Waals surface area contributed by atoms with Crippen LogP contribution >= 0.6 is 15.9 Å². The van der Waals surface area contributed by atoms with E-state index in [4.69, 9.17) is 0 Å². The molecule has 4 aromatic rings. The molecule has 2 aromatic carbocycles. The molecule has 0 bridgehead atoms. The number of anilines is 1. The molecule has 0 unspecified atom stereocenters. The Hall–Kier alpha value is -2.73. The number of halogens is 1. The lowest BCUT2D eigenvalue weighted by molar-refractivity contribution is 1.05. The van der Waals surface area contributed by atoms with Crippen molar-refractivity contribution >= 4 is 32.9 Å². The summed E-state index contributed by atoms with van der Waals surface area (Å²) in [7, 11) is 0. The largest absolute Gasteiger partial charge is 0.364 e. The summed E-state index contributed by atoms with van der Waals surface area (Å²) >= 11 is 3.50. The Bertz CT molecular complexity index is 981. The van der Waals surface area contributed by atoms with Crippen molar-refractivity contribution in [2.75, 3.05) is 5.32 Å². The van der Waals surface area contributed by atoms with Crippen LogP contribution in [0.2, 0.25) is 0 Å². The van der Waals surface area contributed by atoms with Gasteiger partial charge in [-0.1, -0.05) is 52.3 Å². The Labute approximate surface area is 147 Å². The van der Waals surface area contributed by atoms with Gasteiger partial charge in [-0.25, -0.2) is 15.0 Å². The summed E-state index contributed by atoms with van der Waals surface area (Å²) in [6.07, 6.45) is 3.33. The van der Waals surface area contributed by atoms with Crippen molar-refractivity contribution in [2.45, 2.75) is 6.54 Å². The zero-order valence-corrected chi connectivity index (χ0v) is 14.3. The summed E-state index contributed by atoms with van der Waals surface area (Å²) in [6, 6.07) is 18.2. The van der Waals surface area contributed by atoms with Gasteiger partial charge >= 0.3 is 0 Å². The molecular formula is C18H14BrN5. The molecule has 0 aliphatic carbocycles. The predicted octanol–water partition coefficient (Wildman–Crippen LogP) is 4.19. The molecule has 24 heavy (non-hydrogen) atoms. The Morgan fingerprint density at radius 3 is 2.67 bits per heavy atom. The maximum Gasteiger partial charge on any atom is 0.170 e. The summed E-state index contributed by atoms with van der Waals surface area (Å²) in [5.41, 5.74) is 3.72. The van der Waals surface area contributed by atoms with E-state index in [1.54, 1.807) is 12.7 Å². The first-order valence-corrected chi connectivity index (χ1v) is 8.32. The SMILES string of the molecule is Brc1cccc(-n2cnc3c(NCc4ccccc4)ncnc32)c1. The van der Waals surface area contributed by atoms with Gasteiger partial charge in [0.15, 0.2) is 17.0 Å². The van der Waals surface area contributed by atoms with Crippen LogP contribution in [0.25, 0.3) is 16.9 Å². The minimum absolute atomic E-state index is 0.691. The second-order valence-electron chi connectivity index (χ2n) is 5.33. The number of hydrogen-bond donors (Lipinski definition) is 1. The lowest BCUT2D eigenvalue weighted by atomic mass is 10.2. The zero-order valence-electron chi connectivity index (χ0n) is 12.7. The van der Waals surface area contributed by atoms with Crippen LogP contribution in [0.3, 0.4) is 0 Å². The maximum absolute atomic E-state index is 4.50. The van der Waals surface area contributed by atoms with Gasteiger partial charge in [-0.15, -0.1) is 0 Å². The highest BCUT2D eigenvalue weighted by atomic mass is 79.9. The standard InChI is InChI=1S/C18H14BrN5/c19-14-7-4-8-15(9-14)24-12-23-16-17(21-11-22-18(16)24)20-10-13-5-2-1-3-6-13/h1-9,11-12H,10H2,(H,20,21,22). The van der Waals surface area contributed by atoms with Crippen LogP contribution in [0.5, 0.6) is 0 Å². The van der Waals surface area contributed by atoms with E-state index in [0.717, 1.165) is 27.1 Å². The van der Waals surface area contributed by atoms with Gasteiger partial charge in [0.05, 0.1) is 0 Å². The van der Waals surface area contributed by atoms with E-state index in [-0.39, 0.29) is 0 Å². The second-order valence-corrected chi connectivity index (χ2v) is 6.24. The normalized spacial score (nSPS) is 10.9. The van der Waals surface area contributed by atoms with Crippen LogP contribution in [-0.4, -0.2) is 19.5 Å². The van der Waals surface area contributed by atoms with E-state index in [0.29, 0.717) is 6.54 Å². The zero-order chi connectivity index (χ0) is 16.4. The molecule has 0 aliphatic rings. The molecule has 6 heteroatoms. The van der Waals surface area contributed by atoms with Crippen LogP contribution in [0.15, 0.2) is 71.7 Å². The molecule has 118 valence electrons. The predicted molar refractivity (Wildman–Crippen MR) is 98.1 cm³/mol. The van der Waals surface area contributed by atoms with Crippen LogP contribution in [0.1, 0.15) is 5.56 Å². The van der Waals surface area contributed by atoms with E-state index in [1.165, 1.54) is 5.56 Å². The number of imidazole rings is 1. The number of rotatable bonds is 4. The van der Waals surface area contributed by atoms with Crippen molar-refractivity contribution in [1.29, 1.82) is 0 Å². The van der Waals surface area contributed by atoms with Gasteiger partial charge in [0.1, 0.15) is 12.7 Å². The van der Waals surface area contributed by atoms with Crippen LogP contribution in [0, 0.1) is 0 Å². The Balaban J connectivity index is 1.69. The summed E-state index contributed by atoms with van der Waals surface area (Å²) in [4.78, 5) is 13.2. The van der Waals surface area contributed by atoms with Crippen molar-refractivity contribution in [1.82, 2.24) is 19.5 Å². The number of benzene rings is 2. The third kappa shape index (κ3) is 2.88. The topological polar surface area (TPSA) is 55.6 Å². The molecule has 2 aromatic heterocycles. The first kappa shape index (κ1) is 14.8. The third-order valence-corrected chi connectivity index (χ3v) is 4.22. The van der Waals surface area contributed by atoms with E-state index in [1.807, 2.05) is 47.0 Å². The lowest BCUT2D eigenvalue weighted by Crippen LogP contribution is -2.03. The number of nitrogens with one attached hydrogen (secondary N) is 1. The number of hydrogen-bond acceptors (Lipinski definition) is 4. The van der Waals surface area contributed by atoms with Crippen molar-refractivity contribution < 1.29 is 0 Å². The van der Waals surface area contributed by atoms with Crippen LogP contribution in [0.4, 0.5) is 5.82 Å². The molecule has 0 fully saturated rings. The molecule has 2 heterocycles. The molecule has 0 amide bonds.